The summed E-state index contributed by atoms with van der Waals surface area (Å²) in [4.78, 5) is 37.2. The number of hydrogen-bond donors (Lipinski definition) is 2. The van der Waals surface area contributed by atoms with Crippen molar-refractivity contribution in [2.45, 2.75) is 26.8 Å². The van der Waals surface area contributed by atoms with Crippen molar-refractivity contribution < 1.29 is 28.6 Å². The Balaban J connectivity index is 1.93. The topological polar surface area (TPSA) is 103 Å². The molecule has 31 heavy (non-hydrogen) atoms. The van der Waals surface area contributed by atoms with Gasteiger partial charge in [-0.3, -0.25) is 9.59 Å². The van der Waals surface area contributed by atoms with Crippen molar-refractivity contribution in [2.75, 3.05) is 25.6 Å². The van der Waals surface area contributed by atoms with E-state index in [4.69, 9.17) is 14.2 Å². The predicted octanol–water partition coefficient (Wildman–Crippen LogP) is 3.03. The molecule has 2 N–H and O–H groups in total. The predicted molar refractivity (Wildman–Crippen MR) is 116 cm³/mol. The smallest absolute Gasteiger partial charge is 0.329 e. The average molecular weight is 428 g/mol. The van der Waals surface area contributed by atoms with Gasteiger partial charge in [0.25, 0.3) is 11.8 Å². The van der Waals surface area contributed by atoms with Gasteiger partial charge in [-0.15, -0.1) is 0 Å². The molecule has 0 saturated carbocycles. The maximum absolute atomic E-state index is 12.5. The molecule has 0 fully saturated rings. The van der Waals surface area contributed by atoms with Crippen LogP contribution < -0.4 is 20.1 Å². The first kappa shape index (κ1) is 23.7. The van der Waals surface area contributed by atoms with Gasteiger partial charge in [0.1, 0.15) is 17.5 Å². The molecule has 0 unspecified atom stereocenters. The molecule has 8 nitrogen and oxygen atoms in total. The fourth-order valence-corrected chi connectivity index (χ4v) is 2.75. The molecule has 0 heterocycles. The van der Waals surface area contributed by atoms with Crippen LogP contribution in [0.25, 0.3) is 0 Å². The summed E-state index contributed by atoms with van der Waals surface area (Å²) < 4.78 is 15.7. The third kappa shape index (κ3) is 7.02. The highest BCUT2D eigenvalue weighted by Crippen LogP contribution is 2.22. The number of methoxy groups -OCH3 is 1. The van der Waals surface area contributed by atoms with Crippen molar-refractivity contribution in [3.8, 4) is 11.5 Å². The van der Waals surface area contributed by atoms with E-state index < -0.39 is 30.4 Å². The lowest BCUT2D eigenvalue weighted by Gasteiger charge is -2.21. The van der Waals surface area contributed by atoms with Crippen LogP contribution in [-0.4, -0.2) is 44.1 Å². The van der Waals surface area contributed by atoms with Crippen molar-refractivity contribution in [3.05, 3.63) is 54.1 Å². The van der Waals surface area contributed by atoms with E-state index in [0.717, 1.165) is 0 Å². The molecule has 8 heteroatoms. The van der Waals surface area contributed by atoms with Crippen LogP contribution in [0.2, 0.25) is 0 Å². The number of carbonyl (C=O) groups excluding carboxylic acids is 3. The molecule has 166 valence electrons. The Bertz CT molecular complexity index is 895. The molecule has 0 aliphatic rings. The zero-order chi connectivity index (χ0) is 22.8. The summed E-state index contributed by atoms with van der Waals surface area (Å²) in [7, 11) is 1.49. The van der Waals surface area contributed by atoms with Gasteiger partial charge in [-0.1, -0.05) is 26.0 Å². The minimum Gasteiger partial charge on any atom is -0.495 e. The quantitative estimate of drug-likeness (QED) is 0.564. The van der Waals surface area contributed by atoms with Crippen LogP contribution in [-0.2, 0) is 14.3 Å². The van der Waals surface area contributed by atoms with Crippen molar-refractivity contribution >= 4 is 23.5 Å². The van der Waals surface area contributed by atoms with Crippen LogP contribution in [0.5, 0.6) is 11.5 Å². The van der Waals surface area contributed by atoms with E-state index in [0.29, 0.717) is 29.4 Å². The van der Waals surface area contributed by atoms with E-state index >= 15 is 0 Å². The van der Waals surface area contributed by atoms with E-state index in [1.54, 1.807) is 62.4 Å². The summed E-state index contributed by atoms with van der Waals surface area (Å²) in [6, 6.07) is 12.6. The first-order valence-corrected chi connectivity index (χ1v) is 9.99. The minimum atomic E-state index is -0.905. The lowest BCUT2D eigenvalue weighted by molar-refractivity contribution is -0.150. The molecule has 1 atom stereocenters. The number of carbonyl (C=O) groups is 3. The van der Waals surface area contributed by atoms with Crippen LogP contribution in [0, 0.1) is 5.92 Å². The molecule has 2 aromatic carbocycles. The third-order valence-corrected chi connectivity index (χ3v) is 4.36. The molecule has 0 spiro atoms. The molecule has 0 bridgehead atoms. The summed E-state index contributed by atoms with van der Waals surface area (Å²) in [6.07, 6.45) is 0. The number of amides is 2. The lowest BCUT2D eigenvalue weighted by atomic mass is 10.0. The Morgan fingerprint density at radius 1 is 1.00 bits per heavy atom. The monoisotopic (exact) mass is 428 g/mol. The van der Waals surface area contributed by atoms with Gasteiger partial charge in [0.05, 0.1) is 19.4 Å². The maximum atomic E-state index is 12.5. The van der Waals surface area contributed by atoms with E-state index in [1.165, 1.54) is 7.11 Å². The lowest BCUT2D eigenvalue weighted by Crippen LogP contribution is -2.45. The van der Waals surface area contributed by atoms with E-state index in [2.05, 4.69) is 10.6 Å². The summed E-state index contributed by atoms with van der Waals surface area (Å²) in [6.45, 7) is 5.46. The van der Waals surface area contributed by atoms with E-state index in [9.17, 15) is 14.4 Å². The van der Waals surface area contributed by atoms with Crippen molar-refractivity contribution in [1.29, 1.82) is 0 Å². The van der Waals surface area contributed by atoms with Crippen LogP contribution >= 0.6 is 0 Å². The Labute approximate surface area is 181 Å². The summed E-state index contributed by atoms with van der Waals surface area (Å²) in [5, 5.41) is 5.30. The van der Waals surface area contributed by atoms with Crippen LogP contribution in [0.15, 0.2) is 48.5 Å². The van der Waals surface area contributed by atoms with Crippen LogP contribution in [0.3, 0.4) is 0 Å². The summed E-state index contributed by atoms with van der Waals surface area (Å²) >= 11 is 0. The normalized spacial score (nSPS) is 11.4. The number of benzene rings is 2. The molecule has 0 aliphatic heterocycles. The van der Waals surface area contributed by atoms with Gasteiger partial charge in [-0.2, -0.15) is 0 Å². The largest absolute Gasteiger partial charge is 0.495 e. The fourth-order valence-electron chi connectivity index (χ4n) is 2.75. The van der Waals surface area contributed by atoms with Gasteiger partial charge in [0, 0.05) is 5.56 Å². The minimum absolute atomic E-state index is 0.239. The molecular weight excluding hydrogens is 400 g/mol. The zero-order valence-corrected chi connectivity index (χ0v) is 18.1. The number of esters is 1. The van der Waals surface area contributed by atoms with Crippen molar-refractivity contribution in [2.24, 2.45) is 5.92 Å². The van der Waals surface area contributed by atoms with Gasteiger partial charge in [-0.05, 0) is 49.2 Å². The highest BCUT2D eigenvalue weighted by atomic mass is 16.5. The maximum Gasteiger partial charge on any atom is 0.329 e. The number of hydrogen-bond acceptors (Lipinski definition) is 6. The van der Waals surface area contributed by atoms with Gasteiger partial charge < -0.3 is 24.8 Å². The number of rotatable bonds is 10. The Morgan fingerprint density at radius 3 is 2.29 bits per heavy atom. The van der Waals surface area contributed by atoms with E-state index in [-0.39, 0.29) is 5.92 Å². The Hall–Kier alpha value is -3.55. The molecule has 2 aromatic rings. The Morgan fingerprint density at radius 2 is 1.68 bits per heavy atom. The number of ether oxygens (including phenoxy) is 3. The van der Waals surface area contributed by atoms with Crippen LogP contribution in [0.1, 0.15) is 31.1 Å². The van der Waals surface area contributed by atoms with Crippen LogP contribution in [0.4, 0.5) is 5.69 Å². The second-order valence-electron chi connectivity index (χ2n) is 7.01. The molecule has 0 aliphatic carbocycles. The number of nitrogens with one attached hydrogen (secondary N) is 2. The number of para-hydroxylation sites is 2. The highest BCUT2D eigenvalue weighted by Gasteiger charge is 2.27. The van der Waals surface area contributed by atoms with Gasteiger partial charge in [0.15, 0.2) is 6.61 Å². The zero-order valence-electron chi connectivity index (χ0n) is 18.1. The first-order chi connectivity index (χ1) is 14.8. The standard InChI is InChI=1S/C23H28N2O6/c1-5-30-17-12-10-16(11-13-17)22(27)25-21(15(2)3)23(28)31-14-20(26)24-18-8-6-7-9-19(18)29-4/h6-13,15,21H,5,14H2,1-4H3,(H,24,26)(H,25,27)/t21-/m0/s1. The Kier molecular flexibility index (Phi) is 8.87. The molecule has 2 rings (SSSR count). The average Bonchev–Trinajstić information content (AvgIpc) is 2.76. The highest BCUT2D eigenvalue weighted by molar-refractivity contribution is 5.98. The van der Waals surface area contributed by atoms with Crippen molar-refractivity contribution in [1.82, 2.24) is 5.32 Å². The van der Waals surface area contributed by atoms with Gasteiger partial charge in [-0.25, -0.2) is 4.79 Å². The SMILES string of the molecule is CCOc1ccc(C(=O)N[C@H](C(=O)OCC(=O)Nc2ccccc2OC)C(C)C)cc1. The molecular formula is C23H28N2O6. The van der Waals surface area contributed by atoms with E-state index in [1.807, 2.05) is 6.92 Å². The first-order valence-electron chi connectivity index (χ1n) is 9.99. The molecule has 2 amide bonds. The molecule has 0 radical (unpaired) electrons. The number of anilines is 1. The summed E-state index contributed by atoms with van der Waals surface area (Å²) in [5.74, 6) is -0.721. The molecule has 0 aromatic heterocycles. The third-order valence-electron chi connectivity index (χ3n) is 4.36. The molecule has 0 saturated heterocycles. The van der Waals surface area contributed by atoms with Gasteiger partial charge in [0.2, 0.25) is 0 Å². The fraction of sp³-hybridized carbons (Fsp3) is 0.348. The van der Waals surface area contributed by atoms with Crippen molar-refractivity contribution in [3.63, 3.8) is 0 Å². The second-order valence-corrected chi connectivity index (χ2v) is 7.01. The van der Waals surface area contributed by atoms with Gasteiger partial charge >= 0.3 is 5.97 Å². The second kappa shape index (κ2) is 11.6. The summed E-state index contributed by atoms with van der Waals surface area (Å²) in [5.41, 5.74) is 0.853.